The molecule has 1 amide bonds. The summed E-state index contributed by atoms with van der Waals surface area (Å²) in [5.74, 6) is -0.393. The highest BCUT2D eigenvalue weighted by Gasteiger charge is 2.17. The molecule has 0 bridgehead atoms. The molecular formula is C18H19FN2O2S. The van der Waals surface area contributed by atoms with Crippen LogP contribution < -0.4 is 5.32 Å². The molecule has 0 saturated carbocycles. The van der Waals surface area contributed by atoms with Crippen molar-refractivity contribution in [2.24, 2.45) is 0 Å². The molecule has 3 aromatic rings. The van der Waals surface area contributed by atoms with Gasteiger partial charge >= 0.3 is 0 Å². The van der Waals surface area contributed by atoms with E-state index in [4.69, 9.17) is 4.74 Å². The van der Waals surface area contributed by atoms with Crippen LogP contribution in [0.5, 0.6) is 0 Å². The van der Waals surface area contributed by atoms with Crippen LogP contribution in [-0.4, -0.2) is 30.7 Å². The van der Waals surface area contributed by atoms with E-state index >= 15 is 0 Å². The van der Waals surface area contributed by atoms with Crippen LogP contribution in [0.25, 0.3) is 10.2 Å². The summed E-state index contributed by atoms with van der Waals surface area (Å²) in [5.41, 5.74) is 2.58. The number of carbonyl (C=O) groups excluding carboxylic acids is 1. The third kappa shape index (κ3) is 3.49. The molecule has 0 unspecified atom stereocenters. The van der Waals surface area contributed by atoms with Crippen molar-refractivity contribution in [2.75, 3.05) is 20.3 Å². The number of hydrogen-bond acceptors (Lipinski definition) is 3. The Hall–Kier alpha value is -2.18. The lowest BCUT2D eigenvalue weighted by Crippen LogP contribution is -2.29. The van der Waals surface area contributed by atoms with Gasteiger partial charge in [0, 0.05) is 25.1 Å². The van der Waals surface area contributed by atoms with Gasteiger partial charge in [0.25, 0.3) is 5.91 Å². The topological polar surface area (TPSA) is 43.3 Å². The molecule has 4 nitrogen and oxygen atoms in total. The predicted molar refractivity (Wildman–Crippen MR) is 94.3 cm³/mol. The Kier molecular flexibility index (Phi) is 4.97. The van der Waals surface area contributed by atoms with Gasteiger partial charge in [-0.1, -0.05) is 12.1 Å². The fraction of sp³-hybridized carbons (Fsp3) is 0.278. The van der Waals surface area contributed by atoms with Gasteiger partial charge in [-0.2, -0.15) is 0 Å². The third-order valence-corrected chi connectivity index (χ3v) is 4.78. The van der Waals surface area contributed by atoms with E-state index in [1.165, 1.54) is 17.0 Å². The first kappa shape index (κ1) is 16.7. The molecule has 0 aliphatic carbocycles. The minimum Gasteiger partial charge on any atom is -0.383 e. The van der Waals surface area contributed by atoms with Gasteiger partial charge in [-0.25, -0.2) is 4.39 Å². The van der Waals surface area contributed by atoms with Crippen molar-refractivity contribution in [3.63, 3.8) is 0 Å². The van der Waals surface area contributed by atoms with Crippen molar-refractivity contribution < 1.29 is 13.9 Å². The normalized spacial score (nSPS) is 11.1. The molecule has 0 aliphatic rings. The Morgan fingerprint density at radius 1 is 1.29 bits per heavy atom. The molecule has 2 aromatic heterocycles. The number of benzene rings is 1. The molecule has 24 heavy (non-hydrogen) atoms. The van der Waals surface area contributed by atoms with Crippen molar-refractivity contribution in [3.8, 4) is 0 Å². The van der Waals surface area contributed by atoms with Crippen LogP contribution in [0.1, 0.15) is 20.9 Å². The van der Waals surface area contributed by atoms with Gasteiger partial charge in [-0.15, -0.1) is 11.3 Å². The molecule has 2 heterocycles. The van der Waals surface area contributed by atoms with Gasteiger partial charge in [-0.05, 0) is 36.8 Å². The number of nitrogens with one attached hydrogen (secondary N) is 1. The second-order valence-corrected chi connectivity index (χ2v) is 6.89. The molecule has 3 rings (SSSR count). The minimum atomic E-state index is -0.264. The van der Waals surface area contributed by atoms with Gasteiger partial charge < -0.3 is 14.6 Å². The third-order valence-electron chi connectivity index (χ3n) is 3.79. The van der Waals surface area contributed by atoms with Gasteiger partial charge in [-0.3, -0.25) is 4.79 Å². The smallest absolute Gasteiger partial charge is 0.268 e. The van der Waals surface area contributed by atoms with E-state index in [0.29, 0.717) is 25.4 Å². The van der Waals surface area contributed by atoms with E-state index in [9.17, 15) is 9.18 Å². The molecule has 0 atom stereocenters. The average molecular weight is 346 g/mol. The number of fused-ring (bicyclic) bond motifs is 1. The maximum absolute atomic E-state index is 13.1. The van der Waals surface area contributed by atoms with Crippen LogP contribution >= 0.6 is 11.3 Å². The fourth-order valence-electron chi connectivity index (χ4n) is 2.65. The van der Waals surface area contributed by atoms with Gasteiger partial charge in [0.2, 0.25) is 0 Å². The van der Waals surface area contributed by atoms with Gasteiger partial charge in [0.05, 0.1) is 16.8 Å². The largest absolute Gasteiger partial charge is 0.383 e. The summed E-state index contributed by atoms with van der Waals surface area (Å²) in [5, 5.41) is 2.86. The monoisotopic (exact) mass is 346 g/mol. The number of amides is 1. The lowest BCUT2D eigenvalue weighted by atomic mass is 10.2. The molecular weight excluding hydrogens is 327 g/mol. The van der Waals surface area contributed by atoms with E-state index in [2.05, 4.69) is 11.4 Å². The predicted octanol–water partition coefficient (Wildman–Crippen LogP) is 3.57. The molecule has 0 aliphatic heterocycles. The zero-order chi connectivity index (χ0) is 17.1. The summed E-state index contributed by atoms with van der Waals surface area (Å²) in [7, 11) is 1.60. The summed E-state index contributed by atoms with van der Waals surface area (Å²) in [6.45, 7) is 3.50. The number of aromatic nitrogens is 1. The summed E-state index contributed by atoms with van der Waals surface area (Å²) in [6.07, 6.45) is 0. The maximum Gasteiger partial charge on any atom is 0.268 e. The number of rotatable bonds is 6. The number of thiophene rings is 1. The van der Waals surface area contributed by atoms with Crippen molar-refractivity contribution in [2.45, 2.75) is 13.5 Å². The minimum absolute atomic E-state index is 0.129. The van der Waals surface area contributed by atoms with Crippen molar-refractivity contribution in [3.05, 3.63) is 58.3 Å². The first-order valence-electron chi connectivity index (χ1n) is 7.69. The van der Waals surface area contributed by atoms with Crippen LogP contribution in [0.2, 0.25) is 0 Å². The first-order chi connectivity index (χ1) is 11.6. The van der Waals surface area contributed by atoms with E-state index < -0.39 is 0 Å². The molecule has 0 fully saturated rings. The number of methoxy groups -OCH3 is 1. The zero-order valence-corrected chi connectivity index (χ0v) is 14.5. The van der Waals surface area contributed by atoms with Crippen LogP contribution in [0, 0.1) is 12.7 Å². The molecule has 0 saturated heterocycles. The van der Waals surface area contributed by atoms with E-state index in [0.717, 1.165) is 15.8 Å². The summed E-state index contributed by atoms with van der Waals surface area (Å²) < 4.78 is 21.1. The Morgan fingerprint density at radius 3 is 2.75 bits per heavy atom. The van der Waals surface area contributed by atoms with Crippen LogP contribution in [0.4, 0.5) is 4.39 Å². The number of carbonyl (C=O) groups is 1. The van der Waals surface area contributed by atoms with Crippen molar-refractivity contribution in [1.29, 1.82) is 0 Å². The molecule has 0 radical (unpaired) electrons. The molecule has 0 spiro atoms. The summed E-state index contributed by atoms with van der Waals surface area (Å²) >= 11 is 1.66. The standard InChI is InChI=1S/C18H19FN2O2S/c1-12-9-15-17(24-12)10-16(18(22)20-7-8-23-2)21(15)11-13-3-5-14(19)6-4-13/h3-6,9-10H,7-8,11H2,1-2H3,(H,20,22). The molecule has 6 heteroatoms. The summed E-state index contributed by atoms with van der Waals surface area (Å²) in [4.78, 5) is 13.7. The maximum atomic E-state index is 13.1. The Labute approximate surface area is 143 Å². The number of nitrogens with zero attached hydrogens (tertiary/aromatic N) is 1. The molecule has 126 valence electrons. The number of ether oxygens (including phenoxy) is 1. The second-order valence-electron chi connectivity index (χ2n) is 5.60. The van der Waals surface area contributed by atoms with Crippen LogP contribution in [-0.2, 0) is 11.3 Å². The van der Waals surface area contributed by atoms with E-state index in [-0.39, 0.29) is 11.7 Å². The van der Waals surface area contributed by atoms with Gasteiger partial charge in [0.1, 0.15) is 11.5 Å². The lowest BCUT2D eigenvalue weighted by molar-refractivity contribution is 0.0928. The second kappa shape index (κ2) is 7.15. The highest BCUT2D eigenvalue weighted by Crippen LogP contribution is 2.29. The Morgan fingerprint density at radius 2 is 2.04 bits per heavy atom. The van der Waals surface area contributed by atoms with Crippen molar-refractivity contribution in [1.82, 2.24) is 9.88 Å². The summed E-state index contributed by atoms with van der Waals surface area (Å²) in [6, 6.07) is 10.4. The van der Waals surface area contributed by atoms with Crippen LogP contribution in [0.15, 0.2) is 36.4 Å². The van der Waals surface area contributed by atoms with Crippen LogP contribution in [0.3, 0.4) is 0 Å². The molecule has 1 aromatic carbocycles. The quantitative estimate of drug-likeness (QED) is 0.694. The average Bonchev–Trinajstić information content (AvgIpc) is 3.07. The number of aryl methyl sites for hydroxylation is 1. The number of hydrogen-bond donors (Lipinski definition) is 1. The van der Waals surface area contributed by atoms with E-state index in [1.54, 1.807) is 30.6 Å². The highest BCUT2D eigenvalue weighted by molar-refractivity contribution is 7.19. The lowest BCUT2D eigenvalue weighted by Gasteiger charge is -2.11. The fourth-order valence-corrected chi connectivity index (χ4v) is 3.61. The Bertz CT molecular complexity index is 852. The van der Waals surface area contributed by atoms with E-state index in [1.807, 2.05) is 17.6 Å². The highest BCUT2D eigenvalue weighted by atomic mass is 32.1. The molecule has 1 N–H and O–H groups in total. The van der Waals surface area contributed by atoms with Gasteiger partial charge in [0.15, 0.2) is 0 Å². The SMILES string of the molecule is COCCNC(=O)c1cc2sc(C)cc2n1Cc1ccc(F)cc1. The number of halogens is 1. The zero-order valence-electron chi connectivity index (χ0n) is 13.6. The Balaban J connectivity index is 1.94. The first-order valence-corrected chi connectivity index (χ1v) is 8.51. The van der Waals surface area contributed by atoms with Crippen molar-refractivity contribution >= 4 is 27.5 Å².